The third-order valence-corrected chi connectivity index (χ3v) is 12.5. The fourth-order valence-corrected chi connectivity index (χ4v) is 5.02. The van der Waals surface area contributed by atoms with Crippen LogP contribution in [0.3, 0.4) is 0 Å². The SMILES string of the molecule is CC(C)CC(N(C(=O)O)[C@@H](CCCC=N[S@+]([O-])C(C)(C)C)CO[Si](C)(C)C(C)(C)C)C(C)(C)C. The van der Waals surface area contributed by atoms with Gasteiger partial charge in [0.25, 0.3) is 0 Å². The zero-order chi connectivity index (χ0) is 27.1. The van der Waals surface area contributed by atoms with E-state index in [0.717, 1.165) is 12.8 Å². The van der Waals surface area contributed by atoms with Gasteiger partial charge in [-0.1, -0.05) is 59.8 Å². The highest BCUT2D eigenvalue weighted by atomic mass is 32.2. The van der Waals surface area contributed by atoms with Crippen molar-refractivity contribution in [3.05, 3.63) is 0 Å². The summed E-state index contributed by atoms with van der Waals surface area (Å²) < 4.78 is 22.5. The molecule has 1 amide bonds. The molecule has 202 valence electrons. The van der Waals surface area contributed by atoms with Crippen LogP contribution in [0.15, 0.2) is 4.40 Å². The van der Waals surface area contributed by atoms with Gasteiger partial charge in [-0.3, -0.25) is 4.90 Å². The van der Waals surface area contributed by atoms with Gasteiger partial charge < -0.3 is 14.1 Å². The van der Waals surface area contributed by atoms with Crippen LogP contribution in [0.1, 0.15) is 102 Å². The van der Waals surface area contributed by atoms with Gasteiger partial charge in [0.1, 0.15) is 16.1 Å². The normalized spacial score (nSPS) is 16.7. The van der Waals surface area contributed by atoms with E-state index in [4.69, 9.17) is 4.43 Å². The van der Waals surface area contributed by atoms with Gasteiger partial charge in [0, 0.05) is 6.04 Å². The molecule has 34 heavy (non-hydrogen) atoms. The standard InChI is InChI=1S/C26H54N2O4SSi/c1-20(2)18-22(24(3,4)5)28(23(29)30)21(19-32-34(12,13)26(9,10)11)16-14-15-17-27-33(31)25(6,7)8/h17,20-22H,14-16,18-19H2,1-13H3,(H,29,30)/t21-,22?,33+/m0/s1. The molecule has 3 atom stereocenters. The Balaban J connectivity index is 5.81. The van der Waals surface area contributed by atoms with Crippen molar-refractivity contribution >= 4 is 32.0 Å². The summed E-state index contributed by atoms with van der Waals surface area (Å²) in [7, 11) is -2.04. The number of carbonyl (C=O) groups is 1. The monoisotopic (exact) mass is 518 g/mol. The molecule has 0 saturated carbocycles. The summed E-state index contributed by atoms with van der Waals surface area (Å²) in [5.41, 5.74) is -0.192. The molecule has 0 saturated heterocycles. The van der Waals surface area contributed by atoms with Crippen molar-refractivity contribution in [1.29, 1.82) is 0 Å². The van der Waals surface area contributed by atoms with E-state index >= 15 is 0 Å². The second-order valence-corrected chi connectivity index (χ2v) is 20.2. The largest absolute Gasteiger partial charge is 0.591 e. The lowest BCUT2D eigenvalue weighted by Crippen LogP contribution is -2.55. The molecule has 0 aliphatic heterocycles. The Hall–Kier alpha value is -0.573. The van der Waals surface area contributed by atoms with E-state index in [2.05, 4.69) is 72.9 Å². The van der Waals surface area contributed by atoms with E-state index in [1.807, 2.05) is 20.8 Å². The molecule has 6 nitrogen and oxygen atoms in total. The maximum Gasteiger partial charge on any atom is 0.407 e. The fraction of sp³-hybridized carbons (Fsp3) is 0.923. The Morgan fingerprint density at radius 2 is 1.65 bits per heavy atom. The molecular weight excluding hydrogens is 464 g/mol. The summed E-state index contributed by atoms with van der Waals surface area (Å²) in [5, 5.41) is 10.4. The Bertz CT molecular complexity index is 649. The summed E-state index contributed by atoms with van der Waals surface area (Å²) in [4.78, 5) is 14.3. The molecule has 0 fully saturated rings. The minimum atomic E-state index is -2.04. The van der Waals surface area contributed by atoms with Crippen LogP contribution in [0.2, 0.25) is 18.1 Å². The van der Waals surface area contributed by atoms with Gasteiger partial charge in [0.2, 0.25) is 0 Å². The van der Waals surface area contributed by atoms with Crippen molar-refractivity contribution in [3.8, 4) is 0 Å². The average molecular weight is 519 g/mol. The molecule has 1 unspecified atom stereocenters. The van der Waals surface area contributed by atoms with Crippen LogP contribution in [-0.2, 0) is 15.8 Å². The van der Waals surface area contributed by atoms with Crippen molar-refractivity contribution in [1.82, 2.24) is 4.90 Å². The highest BCUT2D eigenvalue weighted by molar-refractivity contribution is 7.91. The van der Waals surface area contributed by atoms with Crippen LogP contribution in [0.4, 0.5) is 4.79 Å². The number of hydrogen-bond acceptors (Lipinski definition) is 4. The quantitative estimate of drug-likeness (QED) is 0.125. The molecule has 0 bridgehead atoms. The molecule has 0 aliphatic rings. The first-order chi connectivity index (χ1) is 15.1. The minimum Gasteiger partial charge on any atom is -0.591 e. The minimum absolute atomic E-state index is 0.0522. The number of rotatable bonds is 12. The maximum absolute atomic E-state index is 12.6. The first-order valence-electron chi connectivity index (χ1n) is 12.7. The number of carboxylic acid groups (broad SMARTS) is 1. The van der Waals surface area contributed by atoms with Crippen LogP contribution in [0.25, 0.3) is 0 Å². The Morgan fingerprint density at radius 3 is 2.03 bits per heavy atom. The van der Waals surface area contributed by atoms with Crippen molar-refractivity contribution in [2.45, 2.75) is 137 Å². The first-order valence-corrected chi connectivity index (χ1v) is 16.7. The summed E-state index contributed by atoms with van der Waals surface area (Å²) in [6.45, 7) is 27.8. The van der Waals surface area contributed by atoms with Gasteiger partial charge >= 0.3 is 6.09 Å². The number of hydrogen-bond donors (Lipinski definition) is 1. The molecule has 0 spiro atoms. The lowest BCUT2D eigenvalue weighted by atomic mass is 9.80. The topological polar surface area (TPSA) is 85.2 Å². The summed E-state index contributed by atoms with van der Waals surface area (Å²) in [5.74, 6) is 0.382. The van der Waals surface area contributed by atoms with Gasteiger partial charge in [0.15, 0.2) is 8.32 Å². The third-order valence-electron chi connectivity index (χ3n) is 6.65. The Morgan fingerprint density at radius 1 is 1.12 bits per heavy atom. The number of nitrogens with zero attached hydrogens (tertiary/aromatic N) is 2. The molecule has 0 radical (unpaired) electrons. The summed E-state index contributed by atoms with van der Waals surface area (Å²) in [6.07, 6.45) is 3.76. The fourth-order valence-electron chi connectivity index (χ4n) is 3.42. The summed E-state index contributed by atoms with van der Waals surface area (Å²) in [6, 6.07) is -0.351. The molecule has 1 N–H and O–H groups in total. The van der Waals surface area contributed by atoms with Crippen LogP contribution in [-0.4, -0.2) is 58.6 Å². The third kappa shape index (κ3) is 11.4. The van der Waals surface area contributed by atoms with Crippen LogP contribution in [0, 0.1) is 11.3 Å². The van der Waals surface area contributed by atoms with Gasteiger partial charge in [-0.05, 0) is 75.9 Å². The Labute approximate surface area is 214 Å². The lowest BCUT2D eigenvalue weighted by molar-refractivity contribution is 0.0242. The second-order valence-electron chi connectivity index (χ2n) is 13.5. The molecule has 8 heteroatoms. The zero-order valence-corrected chi connectivity index (χ0v) is 26.1. The van der Waals surface area contributed by atoms with Crippen molar-refractivity contribution in [3.63, 3.8) is 0 Å². The van der Waals surface area contributed by atoms with Crippen LogP contribution in [0.5, 0.6) is 0 Å². The smallest absolute Gasteiger partial charge is 0.407 e. The van der Waals surface area contributed by atoms with Gasteiger partial charge in [-0.15, -0.1) is 0 Å². The maximum atomic E-state index is 12.6. The van der Waals surface area contributed by atoms with E-state index < -0.39 is 25.8 Å². The molecule has 0 aliphatic carbocycles. The van der Waals surface area contributed by atoms with E-state index in [9.17, 15) is 14.5 Å². The number of amides is 1. The predicted molar refractivity (Wildman–Crippen MR) is 150 cm³/mol. The van der Waals surface area contributed by atoms with E-state index in [1.165, 1.54) is 0 Å². The molecule has 0 rings (SSSR count). The number of unbranched alkanes of at least 4 members (excludes halogenated alkanes) is 1. The average Bonchev–Trinajstić information content (AvgIpc) is 2.61. The highest BCUT2D eigenvalue weighted by Gasteiger charge is 2.41. The molecule has 0 heterocycles. The molecule has 0 aromatic carbocycles. The molecular formula is C26H54N2O4SSi. The molecule has 0 aromatic heterocycles. The van der Waals surface area contributed by atoms with Crippen molar-refractivity contribution < 1.29 is 18.9 Å². The second kappa shape index (κ2) is 13.1. The van der Waals surface area contributed by atoms with E-state index in [1.54, 1.807) is 11.1 Å². The summed E-state index contributed by atoms with van der Waals surface area (Å²) >= 11 is -1.27. The Kier molecular flexibility index (Phi) is 12.9. The van der Waals surface area contributed by atoms with Crippen LogP contribution >= 0.6 is 0 Å². The zero-order valence-electron chi connectivity index (χ0n) is 24.3. The van der Waals surface area contributed by atoms with Gasteiger partial charge in [-0.2, -0.15) is 0 Å². The highest BCUT2D eigenvalue weighted by Crippen LogP contribution is 2.38. The van der Waals surface area contributed by atoms with Gasteiger partial charge in [-0.25, -0.2) is 4.79 Å². The lowest BCUT2D eigenvalue weighted by Gasteiger charge is -2.45. The van der Waals surface area contributed by atoms with Crippen LogP contribution < -0.4 is 0 Å². The van der Waals surface area contributed by atoms with Gasteiger partial charge in [0.05, 0.1) is 18.9 Å². The van der Waals surface area contributed by atoms with Crippen molar-refractivity contribution in [2.75, 3.05) is 6.61 Å². The first kappa shape index (κ1) is 33.4. The predicted octanol–water partition coefficient (Wildman–Crippen LogP) is 7.52. The molecule has 0 aromatic rings. The van der Waals surface area contributed by atoms with E-state index in [0.29, 0.717) is 25.4 Å². The van der Waals surface area contributed by atoms with E-state index in [-0.39, 0.29) is 27.3 Å². The van der Waals surface area contributed by atoms with Crippen molar-refractivity contribution in [2.24, 2.45) is 15.7 Å².